The van der Waals surface area contributed by atoms with Gasteiger partial charge in [-0.25, -0.2) is 4.79 Å². The fourth-order valence-corrected chi connectivity index (χ4v) is 2.15. The monoisotopic (exact) mass is 247 g/mol. The molecule has 0 radical (unpaired) electrons. The summed E-state index contributed by atoms with van der Waals surface area (Å²) in [4.78, 5) is 35.2. The van der Waals surface area contributed by atoms with Crippen LogP contribution in [-0.2, 0) is 15.0 Å². The second-order valence-electron chi connectivity index (χ2n) is 4.12. The van der Waals surface area contributed by atoms with Crippen molar-refractivity contribution in [3.8, 4) is 0 Å². The topological polar surface area (TPSA) is 101 Å². The van der Waals surface area contributed by atoms with Crippen molar-refractivity contribution in [2.45, 2.75) is 18.8 Å². The molecule has 1 heterocycles. The Balaban J connectivity index is 2.57. The van der Waals surface area contributed by atoms with Gasteiger partial charge in [0.1, 0.15) is 0 Å². The number of urea groups is 1. The van der Waals surface area contributed by atoms with Gasteiger partial charge in [0.15, 0.2) is 5.41 Å². The fourth-order valence-electron chi connectivity index (χ4n) is 2.15. The molecule has 1 aromatic rings. The van der Waals surface area contributed by atoms with Crippen LogP contribution >= 0.6 is 0 Å². The highest BCUT2D eigenvalue weighted by molar-refractivity contribution is 6.22. The average molecular weight is 247 g/mol. The maximum absolute atomic E-state index is 12.0. The third-order valence-electron chi connectivity index (χ3n) is 3.14. The Morgan fingerprint density at radius 2 is 1.78 bits per heavy atom. The van der Waals surface area contributed by atoms with Gasteiger partial charge in [-0.3, -0.25) is 20.2 Å². The molecule has 0 bridgehead atoms. The Hall–Kier alpha value is -2.37. The number of anilines is 1. The Labute approximate surface area is 104 Å². The number of hydrogen-bond donors (Lipinski definition) is 3. The molecule has 1 saturated heterocycles. The van der Waals surface area contributed by atoms with Crippen LogP contribution in [0.5, 0.6) is 0 Å². The summed E-state index contributed by atoms with van der Waals surface area (Å²) >= 11 is 0. The summed E-state index contributed by atoms with van der Waals surface area (Å²) in [5.74, 6) is -1.24. The van der Waals surface area contributed by atoms with Gasteiger partial charge in [-0.1, -0.05) is 19.1 Å². The number of benzene rings is 1. The van der Waals surface area contributed by atoms with Crippen LogP contribution < -0.4 is 16.4 Å². The van der Waals surface area contributed by atoms with E-state index in [0.29, 0.717) is 11.3 Å². The zero-order valence-corrected chi connectivity index (χ0v) is 9.82. The van der Waals surface area contributed by atoms with Gasteiger partial charge in [0, 0.05) is 5.69 Å². The van der Waals surface area contributed by atoms with Crippen LogP contribution in [0.1, 0.15) is 18.9 Å². The van der Waals surface area contributed by atoms with Gasteiger partial charge in [-0.05, 0) is 24.1 Å². The number of hydrogen-bond acceptors (Lipinski definition) is 4. The lowest BCUT2D eigenvalue weighted by atomic mass is 9.75. The Bertz CT molecular complexity index is 519. The molecule has 18 heavy (non-hydrogen) atoms. The first-order valence-electron chi connectivity index (χ1n) is 5.53. The van der Waals surface area contributed by atoms with Crippen molar-refractivity contribution in [3.63, 3.8) is 0 Å². The van der Waals surface area contributed by atoms with Crippen LogP contribution in [0.3, 0.4) is 0 Å². The highest BCUT2D eigenvalue weighted by Gasteiger charge is 2.50. The van der Waals surface area contributed by atoms with Gasteiger partial charge in [0.2, 0.25) is 11.8 Å². The summed E-state index contributed by atoms with van der Waals surface area (Å²) in [6.07, 6.45) is 0.237. The maximum atomic E-state index is 12.0. The highest BCUT2D eigenvalue weighted by atomic mass is 16.2. The Morgan fingerprint density at radius 1 is 1.17 bits per heavy atom. The smallest absolute Gasteiger partial charge is 0.328 e. The van der Waals surface area contributed by atoms with E-state index in [4.69, 9.17) is 5.73 Å². The standard InChI is InChI=1S/C12H13N3O3/c1-2-12(7-4-3-5-8(13)6-7)9(16)14-11(18)15-10(12)17/h3-6H,2,13H2,1H3,(H2,14,15,16,17,18). The number of imide groups is 2. The zero-order chi connectivity index (χ0) is 13.3. The normalized spacial score (nSPS) is 18.2. The third-order valence-corrected chi connectivity index (χ3v) is 3.14. The van der Waals surface area contributed by atoms with Crippen LogP contribution in [0, 0.1) is 0 Å². The van der Waals surface area contributed by atoms with Crippen LogP contribution in [-0.4, -0.2) is 17.8 Å². The van der Waals surface area contributed by atoms with Gasteiger partial charge in [-0.15, -0.1) is 0 Å². The van der Waals surface area contributed by atoms with Gasteiger partial charge >= 0.3 is 6.03 Å². The molecular formula is C12H13N3O3. The zero-order valence-electron chi connectivity index (χ0n) is 9.82. The van der Waals surface area contributed by atoms with Crippen LogP contribution in [0.25, 0.3) is 0 Å². The van der Waals surface area contributed by atoms with Crippen molar-refractivity contribution in [1.29, 1.82) is 0 Å². The first kappa shape index (κ1) is 12.1. The molecule has 1 aliphatic heterocycles. The largest absolute Gasteiger partial charge is 0.399 e. The fraction of sp³-hybridized carbons (Fsp3) is 0.250. The van der Waals surface area contributed by atoms with Gasteiger partial charge in [0.05, 0.1) is 0 Å². The van der Waals surface area contributed by atoms with E-state index in [-0.39, 0.29) is 6.42 Å². The number of nitrogens with one attached hydrogen (secondary N) is 2. The lowest BCUT2D eigenvalue weighted by Crippen LogP contribution is -2.64. The van der Waals surface area contributed by atoms with E-state index in [1.165, 1.54) is 0 Å². The van der Waals surface area contributed by atoms with E-state index >= 15 is 0 Å². The van der Waals surface area contributed by atoms with Crippen molar-refractivity contribution in [2.24, 2.45) is 0 Å². The average Bonchev–Trinajstić information content (AvgIpc) is 2.29. The summed E-state index contributed by atoms with van der Waals surface area (Å²) in [6, 6.07) is 5.75. The van der Waals surface area contributed by atoms with Crippen molar-refractivity contribution in [2.75, 3.05) is 5.73 Å². The van der Waals surface area contributed by atoms with Gasteiger partial charge in [-0.2, -0.15) is 0 Å². The number of amides is 4. The lowest BCUT2D eigenvalue weighted by Gasteiger charge is -2.33. The maximum Gasteiger partial charge on any atom is 0.328 e. The predicted molar refractivity (Wildman–Crippen MR) is 64.5 cm³/mol. The van der Waals surface area contributed by atoms with Gasteiger partial charge < -0.3 is 5.73 Å². The molecule has 1 aromatic carbocycles. The van der Waals surface area contributed by atoms with E-state index < -0.39 is 23.3 Å². The molecule has 0 saturated carbocycles. The van der Waals surface area contributed by atoms with Crippen LogP contribution in [0.4, 0.5) is 10.5 Å². The van der Waals surface area contributed by atoms with Crippen molar-refractivity contribution in [3.05, 3.63) is 29.8 Å². The molecule has 4 amide bonds. The molecule has 0 aromatic heterocycles. The minimum atomic E-state index is -1.40. The van der Waals surface area contributed by atoms with Crippen molar-refractivity contribution < 1.29 is 14.4 Å². The van der Waals surface area contributed by atoms with Crippen LogP contribution in [0.2, 0.25) is 0 Å². The number of carbonyl (C=O) groups is 3. The first-order chi connectivity index (χ1) is 8.50. The predicted octanol–water partition coefficient (Wildman–Crippen LogP) is 0.283. The van der Waals surface area contributed by atoms with Gasteiger partial charge in [0.25, 0.3) is 0 Å². The molecule has 1 aliphatic rings. The Kier molecular flexibility index (Phi) is 2.78. The third kappa shape index (κ3) is 1.62. The number of nitrogen functional groups attached to an aromatic ring is 1. The minimum absolute atomic E-state index is 0.237. The molecule has 6 nitrogen and oxygen atoms in total. The molecule has 2 rings (SSSR count). The molecular weight excluding hydrogens is 234 g/mol. The quantitative estimate of drug-likeness (QED) is 0.516. The molecule has 0 aliphatic carbocycles. The second kappa shape index (κ2) is 4.14. The molecule has 0 atom stereocenters. The number of carbonyl (C=O) groups excluding carboxylic acids is 3. The number of nitrogens with two attached hydrogens (primary N) is 1. The summed E-state index contributed by atoms with van der Waals surface area (Å²) in [5, 5.41) is 4.24. The molecule has 1 fully saturated rings. The molecule has 0 unspecified atom stereocenters. The molecule has 0 spiro atoms. The van der Waals surface area contributed by atoms with Crippen molar-refractivity contribution >= 4 is 23.5 Å². The Morgan fingerprint density at radius 3 is 2.28 bits per heavy atom. The van der Waals surface area contributed by atoms with E-state index in [0.717, 1.165) is 0 Å². The highest BCUT2D eigenvalue weighted by Crippen LogP contribution is 2.31. The number of rotatable bonds is 2. The molecule has 94 valence electrons. The summed E-state index contributed by atoms with van der Waals surface area (Å²) < 4.78 is 0. The van der Waals surface area contributed by atoms with Crippen molar-refractivity contribution in [1.82, 2.24) is 10.6 Å². The lowest BCUT2D eigenvalue weighted by molar-refractivity contribution is -0.138. The summed E-state index contributed by atoms with van der Waals surface area (Å²) in [7, 11) is 0. The van der Waals surface area contributed by atoms with E-state index in [9.17, 15) is 14.4 Å². The van der Waals surface area contributed by atoms with E-state index in [1.807, 2.05) is 0 Å². The number of barbiturate groups is 1. The summed E-state index contributed by atoms with van der Waals surface area (Å²) in [5.41, 5.74) is 5.20. The first-order valence-corrected chi connectivity index (χ1v) is 5.53. The molecule has 6 heteroatoms. The SMILES string of the molecule is CCC1(c2cccc(N)c2)C(=O)NC(=O)NC1=O. The van der Waals surface area contributed by atoms with E-state index in [1.54, 1.807) is 31.2 Å². The second-order valence-corrected chi connectivity index (χ2v) is 4.12. The summed E-state index contributed by atoms with van der Waals surface area (Å²) in [6.45, 7) is 1.71. The van der Waals surface area contributed by atoms with Crippen LogP contribution in [0.15, 0.2) is 24.3 Å². The minimum Gasteiger partial charge on any atom is -0.399 e. The van der Waals surface area contributed by atoms with E-state index in [2.05, 4.69) is 10.6 Å². The molecule has 4 N–H and O–H groups in total.